The minimum Gasteiger partial charge on any atom is -0.545 e. The molecule has 0 aliphatic rings. The molecule has 7 heteroatoms. The molecule has 0 spiro atoms. The Labute approximate surface area is 145 Å². The topological polar surface area (TPSA) is 106 Å². The van der Waals surface area contributed by atoms with Crippen LogP contribution in [0.4, 0.5) is 0 Å². The normalized spacial score (nSPS) is 8.44. The predicted molar refractivity (Wildman–Crippen MR) is 56.3 cm³/mol. The van der Waals surface area contributed by atoms with Crippen molar-refractivity contribution in [1.29, 1.82) is 0 Å². The monoisotopic (exact) mass is 272 g/mol. The molecule has 0 fully saturated rings. The molecule has 1 aromatic carbocycles. The molecule has 0 saturated carbocycles. The Balaban J connectivity index is 0.000000405. The van der Waals surface area contributed by atoms with Crippen molar-refractivity contribution in [2.75, 3.05) is 0 Å². The van der Waals surface area contributed by atoms with E-state index in [0.717, 1.165) is 0 Å². The van der Waals surface area contributed by atoms with Crippen LogP contribution in [0.3, 0.4) is 0 Å². The number of aromatic amines is 1. The van der Waals surface area contributed by atoms with Gasteiger partial charge in [0.2, 0.25) is 0 Å². The van der Waals surface area contributed by atoms with Crippen LogP contribution in [-0.2, 0) is 0 Å². The molecule has 0 aliphatic heterocycles. The SMILES string of the molecule is O=C([O-])c1ccccc1C(=O)O.[K+].c1c[nH]cn1. The quantitative estimate of drug-likeness (QED) is 0.573. The molecule has 0 amide bonds. The van der Waals surface area contributed by atoms with Crippen molar-refractivity contribution in [2.45, 2.75) is 0 Å². The Morgan fingerprint density at radius 2 is 1.83 bits per heavy atom. The minimum absolute atomic E-state index is 0. The zero-order chi connectivity index (χ0) is 12.7. The van der Waals surface area contributed by atoms with Gasteiger partial charge >= 0.3 is 57.4 Å². The summed E-state index contributed by atoms with van der Waals surface area (Å²) < 4.78 is 0. The maximum atomic E-state index is 10.4. The third-order valence-electron chi connectivity index (χ3n) is 1.78. The number of nitrogens with one attached hydrogen (secondary N) is 1. The molecular weight excluding hydrogens is 263 g/mol. The number of imidazole rings is 1. The minimum atomic E-state index is -1.48. The van der Waals surface area contributed by atoms with E-state index in [1.54, 1.807) is 18.7 Å². The Morgan fingerprint density at radius 3 is 2.11 bits per heavy atom. The molecule has 88 valence electrons. The standard InChI is InChI=1S/C8H6O4.C3H4N2.K/c9-7(10)5-3-1-2-4-6(5)8(11)12;1-2-5-3-4-1;/h1-4H,(H,9,10)(H,11,12);1-3H,(H,4,5);/q;;+1/p-1. The Morgan fingerprint density at radius 1 is 1.22 bits per heavy atom. The van der Waals surface area contributed by atoms with Gasteiger partial charge in [0.05, 0.1) is 17.9 Å². The molecule has 0 unspecified atom stereocenters. The molecule has 1 aromatic heterocycles. The van der Waals surface area contributed by atoms with Crippen LogP contribution in [0.25, 0.3) is 0 Å². The molecule has 2 rings (SSSR count). The number of aromatic nitrogens is 2. The van der Waals surface area contributed by atoms with E-state index in [4.69, 9.17) is 5.11 Å². The maximum absolute atomic E-state index is 10.4. The molecule has 0 atom stereocenters. The molecule has 18 heavy (non-hydrogen) atoms. The average Bonchev–Trinajstić information content (AvgIpc) is 2.87. The Hall–Kier alpha value is -0.994. The summed E-state index contributed by atoms with van der Waals surface area (Å²) in [5.41, 5.74) is -0.553. The number of carboxylic acid groups (broad SMARTS) is 2. The molecule has 0 aliphatic carbocycles. The molecule has 0 bridgehead atoms. The van der Waals surface area contributed by atoms with Gasteiger partial charge in [-0.1, -0.05) is 18.2 Å². The molecule has 0 radical (unpaired) electrons. The summed E-state index contributed by atoms with van der Waals surface area (Å²) >= 11 is 0. The summed E-state index contributed by atoms with van der Waals surface area (Å²) in [6.07, 6.45) is 5.08. The third-order valence-corrected chi connectivity index (χ3v) is 1.78. The van der Waals surface area contributed by atoms with Crippen molar-refractivity contribution < 1.29 is 71.2 Å². The Kier molecular flexibility index (Phi) is 8.51. The van der Waals surface area contributed by atoms with Crippen LogP contribution >= 0.6 is 0 Å². The van der Waals surface area contributed by atoms with E-state index in [1.807, 2.05) is 0 Å². The number of carboxylic acids is 2. The maximum Gasteiger partial charge on any atom is 1.00 e. The average molecular weight is 272 g/mol. The van der Waals surface area contributed by atoms with Gasteiger partial charge in [0.1, 0.15) is 0 Å². The first kappa shape index (κ1) is 17.0. The molecule has 2 aromatic rings. The summed E-state index contributed by atoms with van der Waals surface area (Å²) in [7, 11) is 0. The van der Waals surface area contributed by atoms with Crippen LogP contribution in [0.15, 0.2) is 43.0 Å². The van der Waals surface area contributed by atoms with Crippen molar-refractivity contribution in [3.05, 3.63) is 54.1 Å². The predicted octanol–water partition coefficient (Wildman–Crippen LogP) is -2.84. The van der Waals surface area contributed by atoms with Crippen LogP contribution in [-0.4, -0.2) is 27.0 Å². The smallest absolute Gasteiger partial charge is 0.545 e. The van der Waals surface area contributed by atoms with Crippen molar-refractivity contribution in [3.63, 3.8) is 0 Å². The van der Waals surface area contributed by atoms with E-state index in [9.17, 15) is 14.7 Å². The van der Waals surface area contributed by atoms with Crippen LogP contribution in [0.5, 0.6) is 0 Å². The van der Waals surface area contributed by atoms with Crippen LogP contribution in [0.2, 0.25) is 0 Å². The van der Waals surface area contributed by atoms with E-state index >= 15 is 0 Å². The molecular formula is C11H9KN2O4. The number of hydrogen-bond acceptors (Lipinski definition) is 4. The van der Waals surface area contributed by atoms with Crippen molar-refractivity contribution in [2.24, 2.45) is 0 Å². The molecule has 6 nitrogen and oxygen atoms in total. The van der Waals surface area contributed by atoms with E-state index < -0.39 is 11.9 Å². The van der Waals surface area contributed by atoms with Gasteiger partial charge in [-0.05, 0) is 6.07 Å². The van der Waals surface area contributed by atoms with Crippen LogP contribution < -0.4 is 56.5 Å². The van der Waals surface area contributed by atoms with Gasteiger partial charge in [-0.15, -0.1) is 0 Å². The Bertz CT molecular complexity index is 449. The fraction of sp³-hybridized carbons (Fsp3) is 0. The number of benzene rings is 1. The van der Waals surface area contributed by atoms with Crippen molar-refractivity contribution in [3.8, 4) is 0 Å². The molecule has 0 saturated heterocycles. The zero-order valence-corrected chi connectivity index (χ0v) is 12.8. The summed E-state index contributed by atoms with van der Waals surface area (Å²) in [6.45, 7) is 0. The summed E-state index contributed by atoms with van der Waals surface area (Å²) in [6, 6.07) is 5.31. The van der Waals surface area contributed by atoms with Gasteiger partial charge in [-0.2, -0.15) is 0 Å². The first-order valence-electron chi connectivity index (χ1n) is 4.59. The van der Waals surface area contributed by atoms with Gasteiger partial charge in [0.25, 0.3) is 0 Å². The fourth-order valence-corrected chi connectivity index (χ4v) is 1.06. The van der Waals surface area contributed by atoms with E-state index in [-0.39, 0.29) is 62.5 Å². The van der Waals surface area contributed by atoms with Gasteiger partial charge in [0, 0.05) is 18.0 Å². The van der Waals surface area contributed by atoms with Crippen LogP contribution in [0.1, 0.15) is 20.7 Å². The summed E-state index contributed by atoms with van der Waals surface area (Å²) in [4.78, 5) is 27.2. The molecule has 1 heterocycles. The number of carbonyl (C=O) groups is 2. The van der Waals surface area contributed by atoms with Gasteiger partial charge in [-0.25, -0.2) is 9.78 Å². The first-order chi connectivity index (χ1) is 8.13. The van der Waals surface area contributed by atoms with Gasteiger partial charge in [0.15, 0.2) is 0 Å². The molecule has 2 N–H and O–H groups in total. The fourth-order valence-electron chi connectivity index (χ4n) is 1.06. The van der Waals surface area contributed by atoms with Crippen molar-refractivity contribution >= 4 is 11.9 Å². The van der Waals surface area contributed by atoms with E-state index in [1.165, 1.54) is 24.3 Å². The number of nitrogens with zero attached hydrogens (tertiary/aromatic N) is 1. The van der Waals surface area contributed by atoms with Crippen LogP contribution in [0, 0.1) is 0 Å². The zero-order valence-electron chi connectivity index (χ0n) is 9.66. The summed E-state index contributed by atoms with van der Waals surface area (Å²) in [5.74, 6) is -2.75. The van der Waals surface area contributed by atoms with Gasteiger partial charge in [-0.3, -0.25) is 0 Å². The van der Waals surface area contributed by atoms with E-state index in [0.29, 0.717) is 0 Å². The van der Waals surface area contributed by atoms with E-state index in [2.05, 4.69) is 9.97 Å². The number of aromatic carboxylic acids is 2. The summed E-state index contributed by atoms with van der Waals surface area (Å²) in [5, 5.41) is 18.9. The number of rotatable bonds is 2. The van der Waals surface area contributed by atoms with Crippen molar-refractivity contribution in [1.82, 2.24) is 9.97 Å². The second-order valence-electron chi connectivity index (χ2n) is 2.90. The first-order valence-corrected chi connectivity index (χ1v) is 4.59. The number of carbonyl (C=O) groups excluding carboxylic acids is 1. The third kappa shape index (κ3) is 5.56. The second kappa shape index (κ2) is 9.01. The number of hydrogen-bond donors (Lipinski definition) is 2. The second-order valence-corrected chi connectivity index (χ2v) is 2.90. The largest absolute Gasteiger partial charge is 1.00 e. The number of H-pyrrole nitrogens is 1. The van der Waals surface area contributed by atoms with Gasteiger partial charge < -0.3 is 20.0 Å².